The van der Waals surface area contributed by atoms with E-state index in [1.54, 1.807) is 17.3 Å². The van der Waals surface area contributed by atoms with Crippen LogP contribution in [0.5, 0.6) is 0 Å². The zero-order chi connectivity index (χ0) is 13.5. The van der Waals surface area contributed by atoms with E-state index in [2.05, 4.69) is 10.3 Å². The molecule has 1 heterocycles. The monoisotopic (exact) mass is 254 g/mol. The van der Waals surface area contributed by atoms with Gasteiger partial charge in [0.1, 0.15) is 12.4 Å². The number of imidazole rings is 1. The summed E-state index contributed by atoms with van der Waals surface area (Å²) < 4.78 is 1.83. The molecule has 2 amide bonds. The number of carboxylic acid groups (broad SMARTS) is 1. The Morgan fingerprint density at radius 2 is 2.28 bits per heavy atom. The first-order chi connectivity index (χ1) is 8.54. The summed E-state index contributed by atoms with van der Waals surface area (Å²) in [5, 5.41) is 10.9. The molecule has 0 spiro atoms. The summed E-state index contributed by atoms with van der Waals surface area (Å²) in [5.41, 5.74) is 0. The topological polar surface area (TPSA) is 87.5 Å². The number of carboxylic acids is 1. The van der Waals surface area contributed by atoms with Crippen LogP contribution >= 0.6 is 0 Å². The number of amides is 2. The van der Waals surface area contributed by atoms with Crippen LogP contribution in [-0.4, -0.2) is 44.6 Å². The lowest BCUT2D eigenvalue weighted by Gasteiger charge is -2.21. The Morgan fingerprint density at radius 3 is 2.78 bits per heavy atom. The Labute approximate surface area is 105 Å². The van der Waals surface area contributed by atoms with Gasteiger partial charge in [0.25, 0.3) is 0 Å². The van der Waals surface area contributed by atoms with E-state index >= 15 is 0 Å². The number of carbonyl (C=O) groups is 2. The van der Waals surface area contributed by atoms with Gasteiger partial charge in [0.15, 0.2) is 0 Å². The van der Waals surface area contributed by atoms with Gasteiger partial charge in [-0.3, -0.25) is 4.79 Å². The van der Waals surface area contributed by atoms with Crippen LogP contribution in [0, 0.1) is 0 Å². The predicted octanol–water partition coefficient (Wildman–Crippen LogP) is 0.426. The molecule has 0 unspecified atom stereocenters. The SMILES string of the molecule is CCCN(Cc1nccn1C)C(=O)NCC(=O)O. The second-order valence-electron chi connectivity index (χ2n) is 3.93. The summed E-state index contributed by atoms with van der Waals surface area (Å²) in [6, 6.07) is -0.387. The molecule has 1 rings (SSSR count). The van der Waals surface area contributed by atoms with Crippen molar-refractivity contribution in [2.24, 2.45) is 7.05 Å². The lowest BCUT2D eigenvalue weighted by Crippen LogP contribution is -2.42. The molecule has 0 aliphatic heterocycles. The average Bonchev–Trinajstić information content (AvgIpc) is 2.71. The molecule has 1 aromatic rings. The Bertz CT molecular complexity index is 416. The maximum Gasteiger partial charge on any atom is 0.323 e. The number of hydrogen-bond donors (Lipinski definition) is 2. The standard InChI is InChI=1S/C11H18N4O3/c1-3-5-15(11(18)13-7-10(16)17)8-9-12-4-6-14(9)2/h4,6H,3,5,7-8H2,1-2H3,(H,13,18)(H,16,17). The van der Waals surface area contributed by atoms with Gasteiger partial charge in [-0.15, -0.1) is 0 Å². The van der Waals surface area contributed by atoms with Crippen molar-refractivity contribution in [3.05, 3.63) is 18.2 Å². The fraction of sp³-hybridized carbons (Fsp3) is 0.545. The Hall–Kier alpha value is -2.05. The number of aliphatic carboxylic acids is 1. The van der Waals surface area contributed by atoms with Gasteiger partial charge in [0, 0.05) is 26.0 Å². The van der Waals surface area contributed by atoms with E-state index in [0.29, 0.717) is 13.1 Å². The maximum atomic E-state index is 11.8. The van der Waals surface area contributed by atoms with Crippen molar-refractivity contribution in [1.29, 1.82) is 0 Å². The number of aryl methyl sites for hydroxylation is 1. The maximum absolute atomic E-state index is 11.8. The molecule has 0 radical (unpaired) electrons. The van der Waals surface area contributed by atoms with Crippen LogP contribution in [0.2, 0.25) is 0 Å². The molecule has 100 valence electrons. The van der Waals surface area contributed by atoms with E-state index in [0.717, 1.165) is 12.2 Å². The largest absolute Gasteiger partial charge is 0.480 e. The van der Waals surface area contributed by atoms with Crippen LogP contribution in [0.15, 0.2) is 12.4 Å². The first-order valence-corrected chi connectivity index (χ1v) is 5.75. The van der Waals surface area contributed by atoms with Gasteiger partial charge >= 0.3 is 12.0 Å². The van der Waals surface area contributed by atoms with E-state index < -0.39 is 5.97 Å². The molecule has 7 nitrogen and oxygen atoms in total. The molecular weight excluding hydrogens is 236 g/mol. The van der Waals surface area contributed by atoms with E-state index in [1.165, 1.54) is 0 Å². The van der Waals surface area contributed by atoms with Gasteiger partial charge in [-0.05, 0) is 6.42 Å². The highest BCUT2D eigenvalue weighted by atomic mass is 16.4. The lowest BCUT2D eigenvalue weighted by molar-refractivity contribution is -0.135. The molecule has 0 aliphatic rings. The summed E-state index contributed by atoms with van der Waals surface area (Å²) in [4.78, 5) is 27.9. The Morgan fingerprint density at radius 1 is 1.56 bits per heavy atom. The number of nitrogens with one attached hydrogen (secondary N) is 1. The highest BCUT2D eigenvalue weighted by Crippen LogP contribution is 2.02. The van der Waals surface area contributed by atoms with Gasteiger partial charge < -0.3 is 19.9 Å². The summed E-state index contributed by atoms with van der Waals surface area (Å²) in [7, 11) is 1.85. The van der Waals surface area contributed by atoms with Crippen LogP contribution in [0.4, 0.5) is 4.79 Å². The first-order valence-electron chi connectivity index (χ1n) is 5.75. The molecule has 7 heteroatoms. The minimum Gasteiger partial charge on any atom is -0.480 e. The minimum atomic E-state index is -1.06. The Kier molecular flexibility index (Phi) is 5.16. The van der Waals surface area contributed by atoms with E-state index in [-0.39, 0.29) is 12.6 Å². The third-order valence-electron chi connectivity index (χ3n) is 2.42. The van der Waals surface area contributed by atoms with Gasteiger partial charge in [0.2, 0.25) is 0 Å². The highest BCUT2D eigenvalue weighted by molar-refractivity contribution is 5.79. The third-order valence-corrected chi connectivity index (χ3v) is 2.42. The smallest absolute Gasteiger partial charge is 0.323 e. The third kappa shape index (κ3) is 4.08. The van der Waals surface area contributed by atoms with Crippen molar-refractivity contribution in [2.45, 2.75) is 19.9 Å². The summed E-state index contributed by atoms with van der Waals surface area (Å²) >= 11 is 0. The number of nitrogens with zero attached hydrogens (tertiary/aromatic N) is 3. The van der Waals surface area contributed by atoms with Crippen molar-refractivity contribution >= 4 is 12.0 Å². The molecule has 18 heavy (non-hydrogen) atoms. The number of rotatable bonds is 6. The second kappa shape index (κ2) is 6.63. The first kappa shape index (κ1) is 14.0. The normalized spacial score (nSPS) is 10.1. The van der Waals surface area contributed by atoms with Gasteiger partial charge in [-0.2, -0.15) is 0 Å². The van der Waals surface area contributed by atoms with Crippen LogP contribution in [-0.2, 0) is 18.4 Å². The van der Waals surface area contributed by atoms with Crippen LogP contribution in [0.25, 0.3) is 0 Å². The van der Waals surface area contributed by atoms with E-state index in [1.807, 2.05) is 18.5 Å². The molecule has 1 aromatic heterocycles. The number of hydrogen-bond acceptors (Lipinski definition) is 3. The molecule has 2 N–H and O–H groups in total. The molecule has 0 saturated heterocycles. The van der Waals surface area contributed by atoms with Gasteiger partial charge in [-0.25, -0.2) is 9.78 Å². The number of aromatic nitrogens is 2. The molecule has 0 aromatic carbocycles. The van der Waals surface area contributed by atoms with Crippen molar-refractivity contribution in [1.82, 2.24) is 19.8 Å². The van der Waals surface area contributed by atoms with Gasteiger partial charge in [0.05, 0.1) is 6.54 Å². The molecule has 0 aliphatic carbocycles. The zero-order valence-corrected chi connectivity index (χ0v) is 10.6. The van der Waals surface area contributed by atoms with Crippen LogP contribution in [0.3, 0.4) is 0 Å². The van der Waals surface area contributed by atoms with E-state index in [4.69, 9.17) is 5.11 Å². The minimum absolute atomic E-state index is 0.364. The molecule has 0 atom stereocenters. The summed E-state index contributed by atoms with van der Waals surface area (Å²) in [6.07, 6.45) is 4.26. The van der Waals surface area contributed by atoms with Crippen molar-refractivity contribution in [3.63, 3.8) is 0 Å². The fourth-order valence-corrected chi connectivity index (χ4v) is 1.50. The highest BCUT2D eigenvalue weighted by Gasteiger charge is 2.15. The van der Waals surface area contributed by atoms with Crippen molar-refractivity contribution < 1.29 is 14.7 Å². The van der Waals surface area contributed by atoms with Gasteiger partial charge in [-0.1, -0.05) is 6.92 Å². The predicted molar refractivity (Wildman–Crippen MR) is 64.9 cm³/mol. The second-order valence-corrected chi connectivity index (χ2v) is 3.93. The molecular formula is C11H18N4O3. The Balaban J connectivity index is 2.61. The van der Waals surface area contributed by atoms with Crippen LogP contribution < -0.4 is 5.32 Å². The van der Waals surface area contributed by atoms with E-state index in [9.17, 15) is 9.59 Å². The lowest BCUT2D eigenvalue weighted by atomic mass is 10.4. The quantitative estimate of drug-likeness (QED) is 0.770. The molecule has 0 bridgehead atoms. The fourth-order valence-electron chi connectivity index (χ4n) is 1.50. The summed E-state index contributed by atoms with van der Waals surface area (Å²) in [6.45, 7) is 2.50. The molecule has 0 saturated carbocycles. The number of urea groups is 1. The zero-order valence-electron chi connectivity index (χ0n) is 10.6. The van der Waals surface area contributed by atoms with Crippen LogP contribution in [0.1, 0.15) is 19.2 Å². The number of carbonyl (C=O) groups excluding carboxylic acids is 1. The van der Waals surface area contributed by atoms with Crippen molar-refractivity contribution in [3.8, 4) is 0 Å². The molecule has 0 fully saturated rings. The van der Waals surface area contributed by atoms with Crippen molar-refractivity contribution in [2.75, 3.05) is 13.1 Å². The summed E-state index contributed by atoms with van der Waals surface area (Å²) in [5.74, 6) is -0.300. The average molecular weight is 254 g/mol.